The summed E-state index contributed by atoms with van der Waals surface area (Å²) in [4.78, 5) is 10.8. The highest BCUT2D eigenvalue weighted by atomic mass is 16.3. The van der Waals surface area contributed by atoms with E-state index in [2.05, 4.69) is 29.1 Å². The van der Waals surface area contributed by atoms with Gasteiger partial charge < -0.3 is 15.3 Å². The minimum atomic E-state index is 0.132. The van der Waals surface area contributed by atoms with E-state index in [-0.39, 0.29) is 6.61 Å². The molecule has 2 N–H and O–H groups in total. The van der Waals surface area contributed by atoms with Crippen LogP contribution in [0.4, 0.5) is 5.95 Å². The summed E-state index contributed by atoms with van der Waals surface area (Å²) in [5.41, 5.74) is 1.09. The molecule has 108 valence electrons. The summed E-state index contributed by atoms with van der Waals surface area (Å²) < 4.78 is 0. The Hall–Kier alpha value is -1.20. The Morgan fingerprint density at radius 3 is 2.47 bits per heavy atom. The summed E-state index contributed by atoms with van der Waals surface area (Å²) in [6.45, 7) is 7.73. The van der Waals surface area contributed by atoms with E-state index >= 15 is 0 Å². The first-order valence-corrected chi connectivity index (χ1v) is 7.19. The molecule has 0 saturated carbocycles. The molecule has 0 aliphatic carbocycles. The van der Waals surface area contributed by atoms with Crippen LogP contribution in [0.25, 0.3) is 0 Å². The number of hydrogen-bond acceptors (Lipinski definition) is 5. The summed E-state index contributed by atoms with van der Waals surface area (Å²) in [7, 11) is 0. The van der Waals surface area contributed by atoms with Gasteiger partial charge in [0.05, 0.1) is 6.61 Å². The van der Waals surface area contributed by atoms with Crippen LogP contribution in [-0.4, -0.2) is 41.3 Å². The lowest BCUT2D eigenvalue weighted by Crippen LogP contribution is -2.29. The maximum absolute atomic E-state index is 9.09. The molecule has 0 unspecified atom stereocenters. The Morgan fingerprint density at radius 1 is 1.16 bits per heavy atom. The smallest absolute Gasteiger partial charge is 0.225 e. The molecule has 1 aromatic rings. The number of aromatic nitrogens is 2. The monoisotopic (exact) mass is 266 g/mol. The van der Waals surface area contributed by atoms with Gasteiger partial charge in [-0.3, -0.25) is 0 Å². The SMILES string of the molecule is CCCCN(CCO)c1ncc(CNCCC)cn1. The zero-order valence-corrected chi connectivity index (χ0v) is 12.1. The van der Waals surface area contributed by atoms with Crippen molar-refractivity contribution in [2.45, 2.75) is 39.7 Å². The quantitative estimate of drug-likeness (QED) is 0.630. The third kappa shape index (κ3) is 5.98. The molecule has 5 heteroatoms. The van der Waals surface area contributed by atoms with Crippen molar-refractivity contribution in [1.29, 1.82) is 0 Å². The first-order valence-electron chi connectivity index (χ1n) is 7.19. The zero-order chi connectivity index (χ0) is 13.9. The molecule has 1 heterocycles. The normalized spacial score (nSPS) is 10.7. The maximum atomic E-state index is 9.09. The number of unbranched alkanes of at least 4 members (excludes halogenated alkanes) is 1. The molecule has 0 bridgehead atoms. The number of rotatable bonds is 10. The van der Waals surface area contributed by atoms with Gasteiger partial charge in [0.25, 0.3) is 0 Å². The van der Waals surface area contributed by atoms with E-state index in [1.807, 2.05) is 17.3 Å². The average molecular weight is 266 g/mol. The van der Waals surface area contributed by atoms with E-state index < -0.39 is 0 Å². The Bertz CT molecular complexity index is 329. The Balaban J connectivity index is 2.55. The molecule has 0 aliphatic rings. The van der Waals surface area contributed by atoms with Crippen LogP contribution in [0, 0.1) is 0 Å². The Morgan fingerprint density at radius 2 is 1.89 bits per heavy atom. The van der Waals surface area contributed by atoms with E-state index in [9.17, 15) is 0 Å². The van der Waals surface area contributed by atoms with Crippen LogP contribution in [0.5, 0.6) is 0 Å². The van der Waals surface area contributed by atoms with E-state index in [4.69, 9.17) is 5.11 Å². The number of aliphatic hydroxyl groups excluding tert-OH is 1. The van der Waals surface area contributed by atoms with E-state index in [0.29, 0.717) is 12.5 Å². The predicted molar refractivity (Wildman–Crippen MR) is 78.2 cm³/mol. The van der Waals surface area contributed by atoms with Crippen molar-refractivity contribution < 1.29 is 5.11 Å². The molecule has 0 fully saturated rings. The van der Waals surface area contributed by atoms with E-state index in [0.717, 1.165) is 44.5 Å². The second-order valence-corrected chi connectivity index (χ2v) is 4.63. The third-order valence-corrected chi connectivity index (χ3v) is 2.88. The fourth-order valence-corrected chi connectivity index (χ4v) is 1.79. The van der Waals surface area contributed by atoms with Gasteiger partial charge in [0.2, 0.25) is 5.95 Å². The molecule has 1 rings (SSSR count). The topological polar surface area (TPSA) is 61.3 Å². The highest BCUT2D eigenvalue weighted by Crippen LogP contribution is 2.08. The molecule has 0 aromatic carbocycles. The summed E-state index contributed by atoms with van der Waals surface area (Å²) in [6, 6.07) is 0. The second kappa shape index (κ2) is 9.69. The molecule has 0 spiro atoms. The highest BCUT2D eigenvalue weighted by molar-refractivity contribution is 5.29. The zero-order valence-electron chi connectivity index (χ0n) is 12.1. The lowest BCUT2D eigenvalue weighted by atomic mass is 10.3. The van der Waals surface area contributed by atoms with Crippen LogP contribution in [0.1, 0.15) is 38.7 Å². The van der Waals surface area contributed by atoms with Gasteiger partial charge >= 0.3 is 0 Å². The predicted octanol–water partition coefficient (Wildman–Crippen LogP) is 1.57. The minimum Gasteiger partial charge on any atom is -0.395 e. The highest BCUT2D eigenvalue weighted by Gasteiger charge is 2.08. The van der Waals surface area contributed by atoms with Crippen molar-refractivity contribution in [2.75, 3.05) is 31.1 Å². The number of nitrogens with one attached hydrogen (secondary N) is 1. The lowest BCUT2D eigenvalue weighted by Gasteiger charge is -2.21. The largest absolute Gasteiger partial charge is 0.395 e. The van der Waals surface area contributed by atoms with Gasteiger partial charge in [-0.1, -0.05) is 20.3 Å². The summed E-state index contributed by atoms with van der Waals surface area (Å²) in [6.07, 6.45) is 7.06. The second-order valence-electron chi connectivity index (χ2n) is 4.63. The van der Waals surface area contributed by atoms with E-state index in [1.54, 1.807) is 0 Å². The van der Waals surface area contributed by atoms with Crippen LogP contribution in [0.15, 0.2) is 12.4 Å². The first-order chi connectivity index (χ1) is 9.31. The summed E-state index contributed by atoms with van der Waals surface area (Å²) >= 11 is 0. The van der Waals surface area contributed by atoms with E-state index in [1.165, 1.54) is 0 Å². The number of nitrogens with zero attached hydrogens (tertiary/aromatic N) is 3. The summed E-state index contributed by atoms with van der Waals surface area (Å²) in [5, 5.41) is 12.4. The fraction of sp³-hybridized carbons (Fsp3) is 0.714. The fourth-order valence-electron chi connectivity index (χ4n) is 1.79. The van der Waals surface area contributed by atoms with Crippen LogP contribution in [-0.2, 0) is 6.54 Å². The van der Waals surface area contributed by atoms with Crippen molar-refractivity contribution in [3.8, 4) is 0 Å². The molecule has 0 saturated heterocycles. The van der Waals surface area contributed by atoms with Crippen molar-refractivity contribution in [3.05, 3.63) is 18.0 Å². The number of anilines is 1. The van der Waals surface area contributed by atoms with Gasteiger partial charge in [-0.25, -0.2) is 9.97 Å². The lowest BCUT2D eigenvalue weighted by molar-refractivity contribution is 0.301. The number of hydrogen-bond donors (Lipinski definition) is 2. The first kappa shape index (κ1) is 15.9. The molecule has 19 heavy (non-hydrogen) atoms. The third-order valence-electron chi connectivity index (χ3n) is 2.88. The maximum Gasteiger partial charge on any atom is 0.225 e. The molecule has 0 atom stereocenters. The summed E-state index contributed by atoms with van der Waals surface area (Å²) in [5.74, 6) is 0.710. The van der Waals surface area contributed by atoms with Crippen LogP contribution in [0.3, 0.4) is 0 Å². The van der Waals surface area contributed by atoms with Gasteiger partial charge in [0.1, 0.15) is 0 Å². The standard InChI is InChI=1S/C14H26N4O/c1-3-5-7-18(8-9-19)14-16-11-13(12-17-14)10-15-6-4-2/h11-12,15,19H,3-10H2,1-2H3. The van der Waals surface area contributed by atoms with Crippen LogP contribution < -0.4 is 10.2 Å². The minimum absolute atomic E-state index is 0.132. The van der Waals surface area contributed by atoms with Crippen molar-refractivity contribution in [3.63, 3.8) is 0 Å². The van der Waals surface area contributed by atoms with Gasteiger partial charge in [0, 0.05) is 37.6 Å². The van der Waals surface area contributed by atoms with Crippen LogP contribution in [0.2, 0.25) is 0 Å². The number of aliphatic hydroxyl groups is 1. The molecule has 5 nitrogen and oxygen atoms in total. The van der Waals surface area contributed by atoms with Crippen molar-refractivity contribution in [2.24, 2.45) is 0 Å². The molecular formula is C14H26N4O. The molecule has 0 radical (unpaired) electrons. The molecule has 0 amide bonds. The van der Waals surface area contributed by atoms with Gasteiger partial charge in [-0.2, -0.15) is 0 Å². The van der Waals surface area contributed by atoms with Gasteiger partial charge in [-0.15, -0.1) is 0 Å². The Labute approximate surface area is 116 Å². The molecular weight excluding hydrogens is 240 g/mol. The van der Waals surface area contributed by atoms with Gasteiger partial charge in [-0.05, 0) is 19.4 Å². The molecule has 1 aromatic heterocycles. The van der Waals surface area contributed by atoms with Crippen molar-refractivity contribution >= 4 is 5.95 Å². The Kier molecular flexibility index (Phi) is 8.09. The average Bonchev–Trinajstić information content (AvgIpc) is 2.45. The van der Waals surface area contributed by atoms with Crippen molar-refractivity contribution in [1.82, 2.24) is 15.3 Å². The van der Waals surface area contributed by atoms with Crippen LogP contribution >= 0.6 is 0 Å². The molecule has 0 aliphatic heterocycles. The van der Waals surface area contributed by atoms with Gasteiger partial charge in [0.15, 0.2) is 0 Å².